The maximum atomic E-state index is 13.6. The van der Waals surface area contributed by atoms with Crippen molar-refractivity contribution in [3.8, 4) is 0 Å². The average Bonchev–Trinajstić information content (AvgIpc) is 3.56. The highest BCUT2D eigenvalue weighted by atomic mass is 16.2. The van der Waals surface area contributed by atoms with E-state index in [1.54, 1.807) is 15.8 Å². The summed E-state index contributed by atoms with van der Waals surface area (Å²) >= 11 is 0. The zero-order chi connectivity index (χ0) is 28.1. The zero-order valence-electron chi connectivity index (χ0n) is 23.1. The number of carbonyl (C=O) groups excluding carboxylic acids is 4. The van der Waals surface area contributed by atoms with Gasteiger partial charge in [0.2, 0.25) is 23.6 Å². The summed E-state index contributed by atoms with van der Waals surface area (Å²) in [5.74, 6) is -1.16. The molecule has 4 bridgehead atoms. The number of fused-ring (bicyclic) bond motifs is 5. The smallest absolute Gasteiger partial charge is 0.243 e. The molecule has 4 atom stereocenters. The van der Waals surface area contributed by atoms with Crippen LogP contribution < -0.4 is 16.0 Å². The zero-order valence-corrected chi connectivity index (χ0v) is 23.1. The monoisotopic (exact) mass is 537 g/mol. The van der Waals surface area contributed by atoms with Gasteiger partial charge in [0.05, 0.1) is 18.8 Å². The lowest BCUT2D eigenvalue weighted by atomic mass is 10.00. The van der Waals surface area contributed by atoms with E-state index in [1.165, 1.54) is 0 Å². The summed E-state index contributed by atoms with van der Waals surface area (Å²) in [6.07, 6.45) is 3.45. The normalized spacial score (nSPS) is 24.2. The Labute approximate surface area is 229 Å². The van der Waals surface area contributed by atoms with Gasteiger partial charge >= 0.3 is 0 Å². The second-order valence-electron chi connectivity index (χ2n) is 11.3. The SMILES string of the molecule is CC(C)CCC(=O)N1C[C@@H]2C[C@H]1C(=O)N[C@@H](C(C)C)C(=O)N[C@H](Cc1ccccc1)C(=O)NCc1cn2nn1. The molecule has 1 fully saturated rings. The van der Waals surface area contributed by atoms with Crippen molar-refractivity contribution >= 4 is 23.6 Å². The molecule has 39 heavy (non-hydrogen) atoms. The molecule has 0 radical (unpaired) electrons. The van der Waals surface area contributed by atoms with Crippen molar-refractivity contribution in [2.24, 2.45) is 11.8 Å². The van der Waals surface area contributed by atoms with E-state index in [4.69, 9.17) is 0 Å². The van der Waals surface area contributed by atoms with Crippen molar-refractivity contribution in [2.45, 2.75) is 84.1 Å². The Kier molecular flexibility index (Phi) is 8.98. The van der Waals surface area contributed by atoms with E-state index in [0.29, 0.717) is 31.0 Å². The molecule has 4 rings (SSSR count). The number of aromatic nitrogens is 3. The third-order valence-corrected chi connectivity index (χ3v) is 7.38. The van der Waals surface area contributed by atoms with Crippen LogP contribution in [0.25, 0.3) is 0 Å². The molecule has 1 aromatic carbocycles. The van der Waals surface area contributed by atoms with E-state index in [0.717, 1.165) is 12.0 Å². The fourth-order valence-corrected chi connectivity index (χ4v) is 5.06. The van der Waals surface area contributed by atoms with Gasteiger partial charge in [-0.25, -0.2) is 4.68 Å². The van der Waals surface area contributed by atoms with Gasteiger partial charge in [0, 0.05) is 25.8 Å². The van der Waals surface area contributed by atoms with Crippen molar-refractivity contribution in [3.05, 3.63) is 47.8 Å². The minimum absolute atomic E-state index is 0.0893. The number of amides is 4. The molecule has 11 nitrogen and oxygen atoms in total. The highest BCUT2D eigenvalue weighted by Gasteiger charge is 2.42. The number of hydrogen-bond donors (Lipinski definition) is 3. The Bertz CT molecular complexity index is 1180. The maximum Gasteiger partial charge on any atom is 0.243 e. The third-order valence-electron chi connectivity index (χ3n) is 7.38. The van der Waals surface area contributed by atoms with Gasteiger partial charge in [-0.1, -0.05) is 63.2 Å². The first-order valence-electron chi connectivity index (χ1n) is 13.7. The quantitative estimate of drug-likeness (QED) is 0.509. The average molecular weight is 538 g/mol. The number of carbonyl (C=O) groups is 4. The van der Waals surface area contributed by atoms with E-state index in [9.17, 15) is 19.2 Å². The first kappa shape index (κ1) is 28.3. The van der Waals surface area contributed by atoms with Crippen LogP contribution in [0.2, 0.25) is 0 Å². The van der Waals surface area contributed by atoms with Gasteiger partial charge in [-0.05, 0) is 23.8 Å². The lowest BCUT2D eigenvalue weighted by molar-refractivity contribution is -0.140. The minimum Gasteiger partial charge on any atom is -0.349 e. The van der Waals surface area contributed by atoms with Crippen LogP contribution in [-0.4, -0.2) is 68.2 Å². The van der Waals surface area contributed by atoms with Crippen LogP contribution in [0.15, 0.2) is 36.5 Å². The molecular weight excluding hydrogens is 498 g/mol. The van der Waals surface area contributed by atoms with E-state index in [2.05, 4.69) is 40.1 Å². The second kappa shape index (κ2) is 12.4. The number of nitrogens with zero attached hydrogens (tertiary/aromatic N) is 4. The Morgan fingerprint density at radius 2 is 1.77 bits per heavy atom. The Morgan fingerprint density at radius 1 is 1.03 bits per heavy atom. The fourth-order valence-electron chi connectivity index (χ4n) is 5.06. The van der Waals surface area contributed by atoms with Gasteiger partial charge in [0.25, 0.3) is 0 Å². The summed E-state index contributed by atoms with van der Waals surface area (Å²) < 4.78 is 1.67. The van der Waals surface area contributed by atoms with Crippen LogP contribution in [0.5, 0.6) is 0 Å². The first-order valence-corrected chi connectivity index (χ1v) is 13.7. The van der Waals surface area contributed by atoms with Crippen LogP contribution in [0, 0.1) is 11.8 Å². The Morgan fingerprint density at radius 3 is 2.46 bits per heavy atom. The number of nitrogens with one attached hydrogen (secondary N) is 3. The van der Waals surface area contributed by atoms with E-state index >= 15 is 0 Å². The Hall–Kier alpha value is -3.76. The van der Waals surface area contributed by atoms with Crippen molar-refractivity contribution in [2.75, 3.05) is 6.54 Å². The molecular formula is C28H39N7O4. The van der Waals surface area contributed by atoms with Crippen molar-refractivity contribution in [3.63, 3.8) is 0 Å². The minimum atomic E-state index is -0.877. The van der Waals surface area contributed by atoms with Gasteiger partial charge in [-0.3, -0.25) is 19.2 Å². The highest BCUT2D eigenvalue weighted by Crippen LogP contribution is 2.29. The molecule has 3 heterocycles. The lowest BCUT2D eigenvalue weighted by Gasteiger charge is -2.29. The molecule has 2 aliphatic heterocycles. The van der Waals surface area contributed by atoms with Crippen molar-refractivity contribution in [1.82, 2.24) is 35.8 Å². The summed E-state index contributed by atoms with van der Waals surface area (Å²) in [5, 5.41) is 17.1. The van der Waals surface area contributed by atoms with Crippen molar-refractivity contribution < 1.29 is 19.2 Å². The van der Waals surface area contributed by atoms with Crippen LogP contribution in [-0.2, 0) is 32.1 Å². The summed E-state index contributed by atoms with van der Waals surface area (Å²) in [7, 11) is 0. The molecule has 0 saturated carbocycles. The van der Waals surface area contributed by atoms with Crippen LogP contribution >= 0.6 is 0 Å². The number of likely N-dealkylation sites (tertiary alicyclic amines) is 1. The molecule has 3 N–H and O–H groups in total. The predicted octanol–water partition coefficient (Wildman–Crippen LogP) is 1.35. The molecule has 2 aromatic rings. The van der Waals surface area contributed by atoms with Gasteiger partial charge in [-0.2, -0.15) is 0 Å². The van der Waals surface area contributed by atoms with Gasteiger partial charge in [0.1, 0.15) is 23.8 Å². The first-order chi connectivity index (χ1) is 18.6. The Balaban J connectivity index is 1.63. The van der Waals surface area contributed by atoms with Crippen LogP contribution in [0.3, 0.4) is 0 Å². The topological polar surface area (TPSA) is 138 Å². The highest BCUT2D eigenvalue weighted by molar-refractivity contribution is 5.94. The lowest BCUT2D eigenvalue weighted by Crippen LogP contribution is -2.58. The van der Waals surface area contributed by atoms with E-state index < -0.39 is 24.0 Å². The molecule has 210 valence electrons. The number of rotatable bonds is 6. The summed E-state index contributed by atoms with van der Waals surface area (Å²) in [6.45, 7) is 8.25. The standard InChI is InChI=1S/C28H39N7O4/c1-17(2)10-11-24(36)34-16-21-13-23(34)27(38)31-25(18(3)4)28(39)30-22(12-19-8-6-5-7-9-19)26(37)29-14-20-15-35(21)33-32-20/h5-9,15,17-18,21-23,25H,10-14,16H2,1-4H3,(H,29,37)(H,30,39)(H,31,38)/t21-,22+,23-,25-/m0/s1. The largest absolute Gasteiger partial charge is 0.349 e. The van der Waals surface area contributed by atoms with Gasteiger partial charge < -0.3 is 20.9 Å². The fraction of sp³-hybridized carbons (Fsp3) is 0.571. The summed E-state index contributed by atoms with van der Waals surface area (Å²) in [4.78, 5) is 55.1. The second-order valence-corrected chi connectivity index (χ2v) is 11.3. The summed E-state index contributed by atoms with van der Waals surface area (Å²) in [6, 6.07) is 6.71. The predicted molar refractivity (Wildman–Crippen MR) is 144 cm³/mol. The van der Waals surface area contributed by atoms with Crippen LogP contribution in [0.1, 0.15) is 64.3 Å². The van der Waals surface area contributed by atoms with E-state index in [-0.39, 0.29) is 42.6 Å². The van der Waals surface area contributed by atoms with Crippen LogP contribution in [0.4, 0.5) is 0 Å². The number of hydrogen-bond acceptors (Lipinski definition) is 6. The number of benzene rings is 1. The third kappa shape index (κ3) is 7.01. The van der Waals surface area contributed by atoms with Crippen molar-refractivity contribution in [1.29, 1.82) is 0 Å². The molecule has 2 aliphatic rings. The molecule has 1 saturated heterocycles. The van der Waals surface area contributed by atoms with Gasteiger partial charge in [0.15, 0.2) is 0 Å². The van der Waals surface area contributed by atoms with E-state index in [1.807, 2.05) is 44.2 Å². The molecule has 11 heteroatoms. The molecule has 0 spiro atoms. The molecule has 4 amide bonds. The molecule has 0 unspecified atom stereocenters. The summed E-state index contributed by atoms with van der Waals surface area (Å²) in [5.41, 5.74) is 1.44. The maximum absolute atomic E-state index is 13.6. The molecule has 1 aromatic heterocycles. The molecule has 0 aliphatic carbocycles. The van der Waals surface area contributed by atoms with Gasteiger partial charge in [-0.15, -0.1) is 5.10 Å².